The van der Waals surface area contributed by atoms with E-state index in [2.05, 4.69) is 5.32 Å². The Labute approximate surface area is 109 Å². The normalized spacial score (nSPS) is 10.6. The molecule has 0 spiro atoms. The van der Waals surface area contributed by atoms with Gasteiger partial charge in [-0.1, -0.05) is 23.8 Å². The topological polar surface area (TPSA) is 98.3 Å². The SMILES string of the molecule is CC(=O)NCC=Cc1cc(Cl)cc([N+](=O)[O-])c1N. The van der Waals surface area contributed by atoms with Gasteiger partial charge in [0, 0.05) is 30.1 Å². The molecule has 0 atom stereocenters. The van der Waals surface area contributed by atoms with Gasteiger partial charge in [-0.15, -0.1) is 0 Å². The zero-order valence-electron chi connectivity index (χ0n) is 9.64. The number of nitrogens with two attached hydrogens (primary N) is 1. The second-order valence-electron chi connectivity index (χ2n) is 3.52. The van der Waals surface area contributed by atoms with Gasteiger partial charge in [-0.3, -0.25) is 14.9 Å². The molecular weight excluding hydrogens is 258 g/mol. The molecule has 0 aliphatic heterocycles. The average Bonchev–Trinajstić information content (AvgIpc) is 2.27. The number of benzene rings is 1. The molecule has 0 aliphatic carbocycles. The zero-order valence-corrected chi connectivity index (χ0v) is 10.4. The van der Waals surface area contributed by atoms with E-state index in [1.807, 2.05) is 0 Å². The van der Waals surface area contributed by atoms with Crippen LogP contribution >= 0.6 is 11.6 Å². The van der Waals surface area contributed by atoms with Crippen molar-refractivity contribution in [2.24, 2.45) is 0 Å². The molecule has 0 bridgehead atoms. The lowest BCUT2D eigenvalue weighted by Crippen LogP contribution is -2.19. The first kappa shape index (κ1) is 14.0. The highest BCUT2D eigenvalue weighted by Gasteiger charge is 2.15. The van der Waals surface area contributed by atoms with E-state index in [1.165, 1.54) is 19.1 Å². The Hall–Kier alpha value is -2.08. The van der Waals surface area contributed by atoms with E-state index in [0.717, 1.165) is 0 Å². The number of rotatable bonds is 4. The predicted octanol–water partition coefficient (Wildman–Crippen LogP) is 1.98. The summed E-state index contributed by atoms with van der Waals surface area (Å²) >= 11 is 5.77. The van der Waals surface area contributed by atoms with Crippen LogP contribution in [0.3, 0.4) is 0 Å². The van der Waals surface area contributed by atoms with Crippen LogP contribution in [-0.2, 0) is 4.79 Å². The minimum Gasteiger partial charge on any atom is -0.393 e. The number of nitrogens with zero attached hydrogens (tertiary/aromatic N) is 1. The molecule has 0 radical (unpaired) electrons. The number of nitro benzene ring substituents is 1. The minimum absolute atomic E-state index is 0.0449. The summed E-state index contributed by atoms with van der Waals surface area (Å²) in [5, 5.41) is 13.5. The van der Waals surface area contributed by atoms with E-state index in [9.17, 15) is 14.9 Å². The first-order chi connectivity index (χ1) is 8.41. The zero-order chi connectivity index (χ0) is 13.7. The number of nitro groups is 1. The van der Waals surface area contributed by atoms with E-state index in [1.54, 1.807) is 12.2 Å². The molecule has 0 unspecified atom stereocenters. The molecule has 7 heteroatoms. The highest BCUT2D eigenvalue weighted by Crippen LogP contribution is 2.30. The van der Waals surface area contributed by atoms with Crippen molar-refractivity contribution in [1.82, 2.24) is 5.32 Å². The maximum absolute atomic E-state index is 10.7. The van der Waals surface area contributed by atoms with E-state index in [-0.39, 0.29) is 22.3 Å². The number of amides is 1. The molecule has 1 aromatic rings. The van der Waals surface area contributed by atoms with Crippen LogP contribution in [0.5, 0.6) is 0 Å². The lowest BCUT2D eigenvalue weighted by Gasteiger charge is -2.03. The monoisotopic (exact) mass is 269 g/mol. The fraction of sp³-hybridized carbons (Fsp3) is 0.182. The third-order valence-electron chi connectivity index (χ3n) is 2.12. The molecule has 0 aliphatic rings. The van der Waals surface area contributed by atoms with E-state index in [4.69, 9.17) is 17.3 Å². The average molecular weight is 270 g/mol. The van der Waals surface area contributed by atoms with E-state index >= 15 is 0 Å². The van der Waals surface area contributed by atoms with Crippen LogP contribution in [0.4, 0.5) is 11.4 Å². The van der Waals surface area contributed by atoms with Crippen LogP contribution in [0.15, 0.2) is 18.2 Å². The molecule has 1 amide bonds. The van der Waals surface area contributed by atoms with Crippen LogP contribution in [0, 0.1) is 10.1 Å². The highest BCUT2D eigenvalue weighted by atomic mass is 35.5. The Bertz CT molecular complexity index is 515. The van der Waals surface area contributed by atoms with Gasteiger partial charge >= 0.3 is 0 Å². The molecule has 3 N–H and O–H groups in total. The van der Waals surface area contributed by atoms with Crippen LogP contribution in [0.1, 0.15) is 12.5 Å². The number of hydrogen-bond donors (Lipinski definition) is 2. The van der Waals surface area contributed by atoms with Crippen LogP contribution < -0.4 is 11.1 Å². The Kier molecular flexibility index (Phi) is 4.67. The van der Waals surface area contributed by atoms with Gasteiger partial charge in [0.25, 0.3) is 5.69 Å². The molecule has 1 rings (SSSR count). The van der Waals surface area contributed by atoms with Gasteiger partial charge in [-0.05, 0) is 6.07 Å². The summed E-state index contributed by atoms with van der Waals surface area (Å²) in [6.07, 6.45) is 3.21. The van der Waals surface area contributed by atoms with Crippen molar-refractivity contribution in [2.45, 2.75) is 6.92 Å². The van der Waals surface area contributed by atoms with Crippen molar-refractivity contribution < 1.29 is 9.72 Å². The summed E-state index contributed by atoms with van der Waals surface area (Å²) in [6.45, 7) is 1.71. The molecule has 6 nitrogen and oxygen atoms in total. The molecule has 0 saturated heterocycles. The van der Waals surface area contributed by atoms with Gasteiger partial charge < -0.3 is 11.1 Å². The molecule has 0 saturated carbocycles. The molecule has 0 fully saturated rings. The first-order valence-electron chi connectivity index (χ1n) is 5.06. The number of nitrogens with one attached hydrogen (secondary N) is 1. The van der Waals surface area contributed by atoms with E-state index < -0.39 is 4.92 Å². The third kappa shape index (κ3) is 3.74. The maximum atomic E-state index is 10.7. The van der Waals surface area contributed by atoms with Crippen molar-refractivity contribution in [3.63, 3.8) is 0 Å². The lowest BCUT2D eigenvalue weighted by atomic mass is 10.1. The van der Waals surface area contributed by atoms with Crippen molar-refractivity contribution in [3.05, 3.63) is 38.9 Å². The largest absolute Gasteiger partial charge is 0.393 e. The van der Waals surface area contributed by atoms with Gasteiger partial charge in [0.15, 0.2) is 0 Å². The van der Waals surface area contributed by atoms with Crippen LogP contribution in [0.2, 0.25) is 5.02 Å². The number of carbonyl (C=O) groups is 1. The number of hydrogen-bond acceptors (Lipinski definition) is 4. The lowest BCUT2D eigenvalue weighted by molar-refractivity contribution is -0.383. The number of halogens is 1. The van der Waals surface area contributed by atoms with Crippen molar-refractivity contribution >= 4 is 35.0 Å². The summed E-state index contributed by atoms with van der Waals surface area (Å²) < 4.78 is 0. The third-order valence-corrected chi connectivity index (χ3v) is 2.34. The van der Waals surface area contributed by atoms with Gasteiger partial charge in [0.05, 0.1) is 4.92 Å². The Morgan fingerprint density at radius 1 is 1.61 bits per heavy atom. The maximum Gasteiger partial charge on any atom is 0.294 e. The number of carbonyl (C=O) groups excluding carboxylic acids is 1. The van der Waals surface area contributed by atoms with Gasteiger partial charge in [-0.25, -0.2) is 0 Å². The van der Waals surface area contributed by atoms with Crippen LogP contribution in [0.25, 0.3) is 6.08 Å². The summed E-state index contributed by atoms with van der Waals surface area (Å²) in [6, 6.07) is 2.72. The highest BCUT2D eigenvalue weighted by molar-refractivity contribution is 6.31. The minimum atomic E-state index is -0.591. The summed E-state index contributed by atoms with van der Waals surface area (Å²) in [4.78, 5) is 20.8. The molecule has 96 valence electrons. The standard InChI is InChI=1S/C11H12ClN3O3/c1-7(16)14-4-2-3-8-5-9(12)6-10(11(8)13)15(17)18/h2-3,5-6H,4,13H2,1H3,(H,14,16). The second-order valence-corrected chi connectivity index (χ2v) is 3.96. The second kappa shape index (κ2) is 6.02. The molecule has 18 heavy (non-hydrogen) atoms. The van der Waals surface area contributed by atoms with Crippen molar-refractivity contribution in [1.29, 1.82) is 0 Å². The van der Waals surface area contributed by atoms with Gasteiger partial charge in [0.1, 0.15) is 5.69 Å². The molecule has 1 aromatic carbocycles. The molecular formula is C11H12ClN3O3. The van der Waals surface area contributed by atoms with E-state index in [0.29, 0.717) is 12.1 Å². The van der Waals surface area contributed by atoms with Crippen LogP contribution in [-0.4, -0.2) is 17.4 Å². The van der Waals surface area contributed by atoms with Crippen molar-refractivity contribution in [3.8, 4) is 0 Å². The quantitative estimate of drug-likeness (QED) is 0.496. The van der Waals surface area contributed by atoms with Gasteiger partial charge in [0.2, 0.25) is 5.91 Å². The first-order valence-corrected chi connectivity index (χ1v) is 5.44. The Balaban J connectivity index is 2.95. The number of nitrogen functional groups attached to an aromatic ring is 1. The fourth-order valence-corrected chi connectivity index (χ4v) is 1.52. The Morgan fingerprint density at radius 3 is 2.83 bits per heavy atom. The Morgan fingerprint density at radius 2 is 2.28 bits per heavy atom. The number of anilines is 1. The summed E-state index contributed by atoms with van der Waals surface area (Å²) in [5.74, 6) is -0.162. The fourth-order valence-electron chi connectivity index (χ4n) is 1.30. The summed E-state index contributed by atoms with van der Waals surface area (Å²) in [5.41, 5.74) is 5.91. The van der Waals surface area contributed by atoms with Crippen molar-refractivity contribution in [2.75, 3.05) is 12.3 Å². The summed E-state index contributed by atoms with van der Waals surface area (Å²) in [7, 11) is 0. The smallest absolute Gasteiger partial charge is 0.294 e. The van der Waals surface area contributed by atoms with Gasteiger partial charge in [-0.2, -0.15) is 0 Å². The predicted molar refractivity (Wildman–Crippen MR) is 70.2 cm³/mol. The molecule has 0 heterocycles. The molecule has 0 aromatic heterocycles.